The molecule has 1 aromatic heterocycles. The summed E-state index contributed by atoms with van der Waals surface area (Å²) in [6, 6.07) is 8.08. The van der Waals surface area contributed by atoms with Gasteiger partial charge in [0.15, 0.2) is 0 Å². The van der Waals surface area contributed by atoms with Gasteiger partial charge in [0.05, 0.1) is 11.6 Å². The summed E-state index contributed by atoms with van der Waals surface area (Å²) in [4.78, 5) is 20.5. The number of rotatable bonds is 6. The van der Waals surface area contributed by atoms with Crippen LogP contribution >= 0.6 is 0 Å². The molecular formula is C18H24N4O2. The molecule has 0 unspecified atom stereocenters. The molecule has 0 saturated heterocycles. The number of nitrogens with zero attached hydrogens (tertiary/aromatic N) is 2. The van der Waals surface area contributed by atoms with Gasteiger partial charge < -0.3 is 15.7 Å². The van der Waals surface area contributed by atoms with E-state index in [4.69, 9.17) is 0 Å². The van der Waals surface area contributed by atoms with Gasteiger partial charge in [0, 0.05) is 24.4 Å². The summed E-state index contributed by atoms with van der Waals surface area (Å²) in [6.45, 7) is 0.692. The average molecular weight is 328 g/mol. The molecule has 1 saturated carbocycles. The van der Waals surface area contributed by atoms with E-state index in [1.165, 1.54) is 0 Å². The predicted molar refractivity (Wildman–Crippen MR) is 93.7 cm³/mol. The van der Waals surface area contributed by atoms with Gasteiger partial charge in [-0.15, -0.1) is 0 Å². The van der Waals surface area contributed by atoms with Gasteiger partial charge in [-0.1, -0.05) is 12.1 Å². The lowest BCUT2D eigenvalue weighted by molar-refractivity contribution is -0.122. The van der Waals surface area contributed by atoms with Crippen molar-refractivity contribution in [1.82, 2.24) is 15.3 Å². The molecule has 3 rings (SSSR count). The summed E-state index contributed by atoms with van der Waals surface area (Å²) in [7, 11) is 0. The van der Waals surface area contributed by atoms with Crippen molar-refractivity contribution in [1.29, 1.82) is 0 Å². The van der Waals surface area contributed by atoms with E-state index in [1.807, 2.05) is 24.3 Å². The first-order valence-electron chi connectivity index (χ1n) is 8.63. The SMILES string of the molecule is O=C(CCCNc1ncnc2ccccc12)NC1CCC(O)CC1. The Labute approximate surface area is 141 Å². The van der Waals surface area contributed by atoms with Gasteiger partial charge in [-0.3, -0.25) is 4.79 Å². The van der Waals surface area contributed by atoms with Gasteiger partial charge in [-0.05, 0) is 44.2 Å². The Morgan fingerprint density at radius 2 is 1.96 bits per heavy atom. The van der Waals surface area contributed by atoms with Crippen LogP contribution in [0.25, 0.3) is 10.9 Å². The molecule has 1 aliphatic rings. The lowest BCUT2D eigenvalue weighted by Crippen LogP contribution is -2.38. The van der Waals surface area contributed by atoms with E-state index in [2.05, 4.69) is 20.6 Å². The topological polar surface area (TPSA) is 87.1 Å². The minimum absolute atomic E-state index is 0.0886. The lowest BCUT2D eigenvalue weighted by Gasteiger charge is -2.26. The lowest BCUT2D eigenvalue weighted by atomic mass is 9.93. The summed E-state index contributed by atoms with van der Waals surface area (Å²) in [5, 5.41) is 16.8. The van der Waals surface area contributed by atoms with Crippen LogP contribution in [-0.2, 0) is 4.79 Å². The van der Waals surface area contributed by atoms with Crippen LogP contribution in [0.15, 0.2) is 30.6 Å². The normalized spacial score (nSPS) is 20.7. The summed E-state index contributed by atoms with van der Waals surface area (Å²) < 4.78 is 0. The fraction of sp³-hybridized carbons (Fsp3) is 0.500. The highest BCUT2D eigenvalue weighted by Crippen LogP contribution is 2.19. The van der Waals surface area contributed by atoms with E-state index in [0.717, 1.165) is 48.8 Å². The van der Waals surface area contributed by atoms with E-state index in [0.29, 0.717) is 13.0 Å². The quantitative estimate of drug-likeness (QED) is 0.708. The summed E-state index contributed by atoms with van der Waals surface area (Å²) in [5.41, 5.74) is 0.909. The second kappa shape index (κ2) is 8.06. The van der Waals surface area contributed by atoms with E-state index in [-0.39, 0.29) is 18.1 Å². The molecule has 0 atom stereocenters. The van der Waals surface area contributed by atoms with Crippen LogP contribution in [0.4, 0.5) is 5.82 Å². The Morgan fingerprint density at radius 1 is 1.17 bits per heavy atom. The Bertz CT molecular complexity index is 678. The number of hydrogen-bond acceptors (Lipinski definition) is 5. The maximum absolute atomic E-state index is 12.0. The molecule has 1 aliphatic carbocycles. The fourth-order valence-corrected chi connectivity index (χ4v) is 3.12. The minimum atomic E-state index is -0.190. The molecule has 128 valence electrons. The highest BCUT2D eigenvalue weighted by molar-refractivity contribution is 5.88. The molecule has 0 radical (unpaired) electrons. The van der Waals surface area contributed by atoms with Crippen LogP contribution in [0.2, 0.25) is 0 Å². The Balaban J connectivity index is 1.41. The maximum Gasteiger partial charge on any atom is 0.220 e. The van der Waals surface area contributed by atoms with Crippen molar-refractivity contribution in [3.05, 3.63) is 30.6 Å². The van der Waals surface area contributed by atoms with Crippen LogP contribution in [0.3, 0.4) is 0 Å². The van der Waals surface area contributed by atoms with Crippen molar-refractivity contribution in [2.24, 2.45) is 0 Å². The van der Waals surface area contributed by atoms with Gasteiger partial charge in [0.25, 0.3) is 0 Å². The van der Waals surface area contributed by atoms with Crippen molar-refractivity contribution in [2.45, 2.75) is 50.7 Å². The number of nitrogens with one attached hydrogen (secondary N) is 2. The third-order valence-electron chi connectivity index (χ3n) is 4.48. The molecule has 0 aliphatic heterocycles. The van der Waals surface area contributed by atoms with Gasteiger partial charge in [-0.25, -0.2) is 9.97 Å². The van der Waals surface area contributed by atoms with Crippen LogP contribution in [0, 0.1) is 0 Å². The maximum atomic E-state index is 12.0. The van der Waals surface area contributed by atoms with Crippen molar-refractivity contribution < 1.29 is 9.90 Å². The summed E-state index contributed by atoms with van der Waals surface area (Å²) in [5.74, 6) is 0.896. The Hall–Kier alpha value is -2.21. The average Bonchev–Trinajstić information content (AvgIpc) is 2.61. The molecule has 24 heavy (non-hydrogen) atoms. The van der Waals surface area contributed by atoms with Crippen molar-refractivity contribution in [3.63, 3.8) is 0 Å². The smallest absolute Gasteiger partial charge is 0.220 e. The molecule has 1 amide bonds. The predicted octanol–water partition coefficient (Wildman–Crippen LogP) is 2.24. The largest absolute Gasteiger partial charge is 0.393 e. The second-order valence-electron chi connectivity index (χ2n) is 6.34. The zero-order chi connectivity index (χ0) is 16.8. The molecule has 3 N–H and O–H groups in total. The summed E-state index contributed by atoms with van der Waals surface area (Å²) >= 11 is 0. The van der Waals surface area contributed by atoms with E-state index < -0.39 is 0 Å². The van der Waals surface area contributed by atoms with Crippen molar-refractivity contribution >= 4 is 22.6 Å². The monoisotopic (exact) mass is 328 g/mol. The van der Waals surface area contributed by atoms with Gasteiger partial charge in [0.2, 0.25) is 5.91 Å². The fourth-order valence-electron chi connectivity index (χ4n) is 3.12. The van der Waals surface area contributed by atoms with Crippen molar-refractivity contribution in [3.8, 4) is 0 Å². The van der Waals surface area contributed by atoms with Crippen molar-refractivity contribution in [2.75, 3.05) is 11.9 Å². The number of amides is 1. The first-order valence-corrected chi connectivity index (χ1v) is 8.63. The number of carbonyl (C=O) groups is 1. The molecule has 1 fully saturated rings. The first-order chi connectivity index (χ1) is 11.7. The first kappa shape index (κ1) is 16.6. The molecule has 0 bridgehead atoms. The van der Waals surface area contributed by atoms with Crippen LogP contribution in [-0.4, -0.2) is 39.7 Å². The molecule has 6 heteroatoms. The number of benzene rings is 1. The number of para-hydroxylation sites is 1. The van der Waals surface area contributed by atoms with E-state index in [9.17, 15) is 9.90 Å². The second-order valence-corrected chi connectivity index (χ2v) is 6.34. The number of aliphatic hydroxyl groups excluding tert-OH is 1. The summed E-state index contributed by atoms with van der Waals surface area (Å²) in [6.07, 6.45) is 5.92. The van der Waals surface area contributed by atoms with Crippen LogP contribution in [0.5, 0.6) is 0 Å². The molecule has 1 aromatic carbocycles. The molecule has 0 spiro atoms. The number of carbonyl (C=O) groups excluding carboxylic acids is 1. The number of aliphatic hydroxyl groups is 1. The van der Waals surface area contributed by atoms with Crippen LogP contribution in [0.1, 0.15) is 38.5 Å². The molecule has 1 heterocycles. The van der Waals surface area contributed by atoms with Gasteiger partial charge >= 0.3 is 0 Å². The molecular weight excluding hydrogens is 304 g/mol. The third-order valence-corrected chi connectivity index (χ3v) is 4.48. The number of aromatic nitrogens is 2. The highest BCUT2D eigenvalue weighted by Gasteiger charge is 2.20. The zero-order valence-corrected chi connectivity index (χ0v) is 13.7. The molecule has 6 nitrogen and oxygen atoms in total. The minimum Gasteiger partial charge on any atom is -0.393 e. The van der Waals surface area contributed by atoms with Gasteiger partial charge in [-0.2, -0.15) is 0 Å². The molecule has 2 aromatic rings. The van der Waals surface area contributed by atoms with E-state index >= 15 is 0 Å². The third kappa shape index (κ3) is 4.41. The van der Waals surface area contributed by atoms with Gasteiger partial charge in [0.1, 0.15) is 12.1 Å². The highest BCUT2D eigenvalue weighted by atomic mass is 16.3. The Kier molecular flexibility index (Phi) is 5.59. The zero-order valence-electron chi connectivity index (χ0n) is 13.7. The number of anilines is 1. The Morgan fingerprint density at radius 3 is 2.79 bits per heavy atom. The van der Waals surface area contributed by atoms with E-state index in [1.54, 1.807) is 6.33 Å². The van der Waals surface area contributed by atoms with Crippen LogP contribution < -0.4 is 10.6 Å². The number of fused-ring (bicyclic) bond motifs is 1. The standard InChI is InChI=1S/C18H24N4O2/c23-14-9-7-13(8-10-14)22-17(24)6-3-11-19-18-15-4-1-2-5-16(15)20-12-21-18/h1-2,4-5,12-14,23H,3,6-11H2,(H,22,24)(H,19,20,21). The number of hydrogen-bond donors (Lipinski definition) is 3.